The number of aliphatic hydroxyl groups is 2. The summed E-state index contributed by atoms with van der Waals surface area (Å²) in [5, 5.41) is 21.9. The molecule has 0 spiro atoms. The fraction of sp³-hybridized carbons (Fsp3) is 0.417. The number of aryl methyl sites for hydroxylation is 1. The van der Waals surface area contributed by atoms with E-state index in [4.69, 9.17) is 0 Å². The first-order chi connectivity index (χ1) is 7.50. The average Bonchev–Trinajstić information content (AvgIpc) is 2.24. The Balaban J connectivity index is 2.62. The van der Waals surface area contributed by atoms with E-state index in [1.165, 1.54) is 6.92 Å². The third-order valence-corrected chi connectivity index (χ3v) is 2.31. The third-order valence-electron chi connectivity index (χ3n) is 2.31. The molecule has 0 aromatic heterocycles. The highest BCUT2D eigenvalue weighted by atomic mass is 16.3. The van der Waals surface area contributed by atoms with Crippen LogP contribution < -0.4 is 5.32 Å². The van der Waals surface area contributed by atoms with Crippen molar-refractivity contribution in [2.45, 2.75) is 26.1 Å². The molecule has 2 unspecified atom stereocenters. The van der Waals surface area contributed by atoms with E-state index in [1.54, 1.807) is 6.07 Å². The molecule has 0 aliphatic carbocycles. The van der Waals surface area contributed by atoms with Gasteiger partial charge in [0.15, 0.2) is 0 Å². The maximum atomic E-state index is 10.7. The number of carbonyl (C=O) groups is 1. The van der Waals surface area contributed by atoms with Crippen LogP contribution in [0.2, 0.25) is 0 Å². The van der Waals surface area contributed by atoms with Crippen LogP contribution in [0.1, 0.15) is 24.2 Å². The second kappa shape index (κ2) is 5.63. The molecule has 0 radical (unpaired) electrons. The highest BCUT2D eigenvalue weighted by Gasteiger charge is 2.18. The first kappa shape index (κ1) is 12.7. The summed E-state index contributed by atoms with van der Waals surface area (Å²) < 4.78 is 0. The Morgan fingerprint density at radius 1 is 1.44 bits per heavy atom. The molecule has 0 bridgehead atoms. The second-order valence-corrected chi connectivity index (χ2v) is 3.86. The Bertz CT molecular complexity index is 365. The minimum absolute atomic E-state index is 0.0461. The third kappa shape index (κ3) is 3.64. The molecule has 0 heterocycles. The Hall–Kier alpha value is -1.39. The summed E-state index contributed by atoms with van der Waals surface area (Å²) in [6, 6.07) is 7.28. The van der Waals surface area contributed by atoms with E-state index in [0.29, 0.717) is 5.56 Å². The molecular formula is C12H17NO3. The summed E-state index contributed by atoms with van der Waals surface area (Å²) in [7, 11) is 0. The molecule has 4 heteroatoms. The van der Waals surface area contributed by atoms with Crippen LogP contribution in [-0.4, -0.2) is 28.8 Å². The van der Waals surface area contributed by atoms with Crippen molar-refractivity contribution in [2.75, 3.05) is 6.54 Å². The van der Waals surface area contributed by atoms with Crippen LogP contribution in [0, 0.1) is 6.92 Å². The van der Waals surface area contributed by atoms with Crippen LogP contribution >= 0.6 is 0 Å². The number of benzene rings is 1. The molecule has 0 aliphatic rings. The maximum Gasteiger partial charge on any atom is 0.216 e. The van der Waals surface area contributed by atoms with E-state index in [9.17, 15) is 15.0 Å². The van der Waals surface area contributed by atoms with Crippen molar-refractivity contribution in [3.8, 4) is 0 Å². The van der Waals surface area contributed by atoms with Gasteiger partial charge in [-0.05, 0) is 12.5 Å². The molecule has 16 heavy (non-hydrogen) atoms. The standard InChI is InChI=1S/C12H17NO3/c1-8-4-3-5-10(6-8)12(16)11(15)7-13-9(2)14/h3-6,11-12,15-16H,7H2,1-2H3,(H,13,14). The monoisotopic (exact) mass is 223 g/mol. The summed E-state index contributed by atoms with van der Waals surface area (Å²) in [6.07, 6.45) is -1.97. The zero-order valence-corrected chi connectivity index (χ0v) is 9.47. The highest BCUT2D eigenvalue weighted by molar-refractivity contribution is 5.72. The summed E-state index contributed by atoms with van der Waals surface area (Å²) in [6.45, 7) is 3.33. The molecule has 4 nitrogen and oxygen atoms in total. The van der Waals surface area contributed by atoms with Gasteiger partial charge in [-0.25, -0.2) is 0 Å². The Morgan fingerprint density at radius 2 is 2.12 bits per heavy atom. The summed E-state index contributed by atoms with van der Waals surface area (Å²) in [5.41, 5.74) is 1.67. The highest BCUT2D eigenvalue weighted by Crippen LogP contribution is 2.17. The van der Waals surface area contributed by atoms with Gasteiger partial charge in [0.2, 0.25) is 5.91 Å². The molecular weight excluding hydrogens is 206 g/mol. The topological polar surface area (TPSA) is 69.6 Å². The molecule has 0 aliphatic heterocycles. The van der Waals surface area contributed by atoms with Crippen molar-refractivity contribution in [1.82, 2.24) is 5.32 Å². The van der Waals surface area contributed by atoms with Crippen molar-refractivity contribution in [3.63, 3.8) is 0 Å². The van der Waals surface area contributed by atoms with E-state index in [0.717, 1.165) is 5.56 Å². The largest absolute Gasteiger partial charge is 0.388 e. The lowest BCUT2D eigenvalue weighted by Crippen LogP contribution is -2.34. The number of carbonyl (C=O) groups excluding carboxylic acids is 1. The van der Waals surface area contributed by atoms with Gasteiger partial charge in [0.25, 0.3) is 0 Å². The molecule has 3 N–H and O–H groups in total. The molecule has 1 aromatic rings. The quantitative estimate of drug-likeness (QED) is 0.697. The van der Waals surface area contributed by atoms with Crippen LogP contribution in [0.25, 0.3) is 0 Å². The van der Waals surface area contributed by atoms with Crippen molar-refractivity contribution < 1.29 is 15.0 Å². The number of aliphatic hydroxyl groups excluding tert-OH is 2. The number of rotatable bonds is 4. The van der Waals surface area contributed by atoms with Crippen molar-refractivity contribution >= 4 is 5.91 Å². The summed E-state index contributed by atoms with van der Waals surface area (Å²) >= 11 is 0. The number of nitrogens with one attached hydrogen (secondary N) is 1. The maximum absolute atomic E-state index is 10.7. The number of hydrogen-bond donors (Lipinski definition) is 3. The van der Waals surface area contributed by atoms with E-state index < -0.39 is 12.2 Å². The molecule has 0 saturated carbocycles. The van der Waals surface area contributed by atoms with Crippen LogP contribution in [0.15, 0.2) is 24.3 Å². The number of amides is 1. The predicted octanol–water partition coefficient (Wildman–Crippen LogP) is 0.525. The van der Waals surface area contributed by atoms with Gasteiger partial charge in [0, 0.05) is 13.5 Å². The van der Waals surface area contributed by atoms with E-state index >= 15 is 0 Å². The number of hydrogen-bond acceptors (Lipinski definition) is 3. The van der Waals surface area contributed by atoms with Crippen LogP contribution in [0.4, 0.5) is 0 Å². The average molecular weight is 223 g/mol. The molecule has 0 fully saturated rings. The fourth-order valence-electron chi connectivity index (χ4n) is 1.44. The van der Waals surface area contributed by atoms with Gasteiger partial charge in [0.1, 0.15) is 12.2 Å². The molecule has 88 valence electrons. The normalized spacial score (nSPS) is 14.2. The molecule has 1 aromatic carbocycles. The summed E-state index contributed by atoms with van der Waals surface area (Å²) in [4.78, 5) is 10.7. The summed E-state index contributed by atoms with van der Waals surface area (Å²) in [5.74, 6) is -0.226. The lowest BCUT2D eigenvalue weighted by molar-refractivity contribution is -0.119. The van der Waals surface area contributed by atoms with E-state index in [1.807, 2.05) is 25.1 Å². The van der Waals surface area contributed by atoms with Gasteiger partial charge in [-0.2, -0.15) is 0 Å². The smallest absolute Gasteiger partial charge is 0.216 e. The first-order valence-electron chi connectivity index (χ1n) is 5.18. The van der Waals surface area contributed by atoms with Gasteiger partial charge in [-0.15, -0.1) is 0 Å². The Labute approximate surface area is 94.9 Å². The Kier molecular flexibility index (Phi) is 4.46. The minimum atomic E-state index is -0.995. The predicted molar refractivity (Wildman–Crippen MR) is 60.8 cm³/mol. The van der Waals surface area contributed by atoms with Crippen LogP contribution in [0.3, 0.4) is 0 Å². The van der Waals surface area contributed by atoms with Crippen LogP contribution in [-0.2, 0) is 4.79 Å². The second-order valence-electron chi connectivity index (χ2n) is 3.86. The van der Waals surface area contributed by atoms with Crippen molar-refractivity contribution in [1.29, 1.82) is 0 Å². The Morgan fingerprint density at radius 3 is 2.69 bits per heavy atom. The van der Waals surface area contributed by atoms with Gasteiger partial charge in [0.05, 0.1) is 0 Å². The lowest BCUT2D eigenvalue weighted by Gasteiger charge is -2.18. The molecule has 1 rings (SSSR count). The van der Waals surface area contributed by atoms with Gasteiger partial charge < -0.3 is 15.5 Å². The molecule has 0 saturated heterocycles. The zero-order valence-electron chi connectivity index (χ0n) is 9.47. The van der Waals surface area contributed by atoms with Gasteiger partial charge >= 0.3 is 0 Å². The van der Waals surface area contributed by atoms with Crippen molar-refractivity contribution in [3.05, 3.63) is 35.4 Å². The fourth-order valence-corrected chi connectivity index (χ4v) is 1.44. The minimum Gasteiger partial charge on any atom is -0.388 e. The van der Waals surface area contributed by atoms with E-state index in [-0.39, 0.29) is 12.5 Å². The molecule has 2 atom stereocenters. The van der Waals surface area contributed by atoms with E-state index in [2.05, 4.69) is 5.32 Å². The van der Waals surface area contributed by atoms with Crippen LogP contribution in [0.5, 0.6) is 0 Å². The lowest BCUT2D eigenvalue weighted by atomic mass is 10.0. The SMILES string of the molecule is CC(=O)NCC(O)C(O)c1cccc(C)c1. The molecule has 1 amide bonds. The van der Waals surface area contributed by atoms with Crippen molar-refractivity contribution in [2.24, 2.45) is 0 Å². The van der Waals surface area contributed by atoms with Gasteiger partial charge in [-0.3, -0.25) is 4.79 Å². The first-order valence-corrected chi connectivity index (χ1v) is 5.18. The van der Waals surface area contributed by atoms with Gasteiger partial charge in [-0.1, -0.05) is 29.8 Å². The zero-order chi connectivity index (χ0) is 12.1.